The van der Waals surface area contributed by atoms with Crippen molar-refractivity contribution in [2.75, 3.05) is 12.5 Å². The first-order valence-corrected chi connectivity index (χ1v) is 7.05. The molecular formula is C10H14N4O4S. The number of benzene rings is 1. The third kappa shape index (κ3) is 2.53. The third-order valence-corrected chi connectivity index (χ3v) is 5.00. The van der Waals surface area contributed by atoms with Crippen molar-refractivity contribution in [1.29, 1.82) is 0 Å². The number of nitro benzene ring substituents is 1. The van der Waals surface area contributed by atoms with Gasteiger partial charge in [-0.1, -0.05) is 0 Å². The Morgan fingerprint density at radius 2 is 2.11 bits per heavy atom. The molecule has 19 heavy (non-hydrogen) atoms. The van der Waals surface area contributed by atoms with E-state index in [-0.39, 0.29) is 16.6 Å². The summed E-state index contributed by atoms with van der Waals surface area (Å²) in [7, 11) is -2.42. The van der Waals surface area contributed by atoms with Crippen LogP contribution in [0.2, 0.25) is 0 Å². The Hall–Kier alpha value is -1.71. The van der Waals surface area contributed by atoms with Gasteiger partial charge in [0.05, 0.1) is 10.6 Å². The fourth-order valence-electron chi connectivity index (χ4n) is 1.76. The van der Waals surface area contributed by atoms with E-state index in [0.29, 0.717) is 0 Å². The van der Waals surface area contributed by atoms with Crippen LogP contribution >= 0.6 is 0 Å². The maximum atomic E-state index is 12.3. The van der Waals surface area contributed by atoms with Crippen molar-refractivity contribution in [3.63, 3.8) is 0 Å². The Bertz CT molecular complexity index is 612. The van der Waals surface area contributed by atoms with E-state index in [1.54, 1.807) is 0 Å². The molecule has 0 aliphatic heterocycles. The molecule has 0 heterocycles. The van der Waals surface area contributed by atoms with Gasteiger partial charge in [0.1, 0.15) is 0 Å². The topological polar surface area (TPSA) is 119 Å². The van der Waals surface area contributed by atoms with Crippen LogP contribution in [0.1, 0.15) is 12.8 Å². The zero-order valence-corrected chi connectivity index (χ0v) is 11.1. The molecular weight excluding hydrogens is 272 g/mol. The lowest BCUT2D eigenvalue weighted by atomic mass is 10.3. The van der Waals surface area contributed by atoms with Crippen molar-refractivity contribution in [1.82, 2.24) is 4.31 Å². The summed E-state index contributed by atoms with van der Waals surface area (Å²) in [5.74, 6) is 5.16. The summed E-state index contributed by atoms with van der Waals surface area (Å²) in [5, 5.41) is 11.0. The average Bonchev–Trinajstić information content (AvgIpc) is 3.21. The number of rotatable bonds is 5. The summed E-state index contributed by atoms with van der Waals surface area (Å²) in [4.78, 5) is 9.96. The molecule has 0 unspecified atom stereocenters. The molecule has 0 bridgehead atoms. The molecule has 1 aromatic carbocycles. The molecule has 3 N–H and O–H groups in total. The quantitative estimate of drug-likeness (QED) is 0.466. The molecule has 8 nitrogen and oxygen atoms in total. The van der Waals surface area contributed by atoms with Crippen molar-refractivity contribution in [2.45, 2.75) is 23.8 Å². The lowest BCUT2D eigenvalue weighted by Gasteiger charge is -2.16. The average molecular weight is 286 g/mol. The number of hydrogen-bond donors (Lipinski definition) is 2. The van der Waals surface area contributed by atoms with Gasteiger partial charge in [-0.05, 0) is 25.0 Å². The Morgan fingerprint density at radius 3 is 2.58 bits per heavy atom. The molecule has 1 aliphatic carbocycles. The molecule has 1 saturated carbocycles. The zero-order valence-electron chi connectivity index (χ0n) is 10.2. The highest BCUT2D eigenvalue weighted by molar-refractivity contribution is 7.89. The lowest BCUT2D eigenvalue weighted by Crippen LogP contribution is -2.29. The number of nitrogens with one attached hydrogen (secondary N) is 1. The van der Waals surface area contributed by atoms with E-state index in [9.17, 15) is 18.5 Å². The standard InChI is InChI=1S/C10H14N4O4S/c1-13(8-3-4-8)19(17,18)10-5-2-7(12-11)6-9(10)14(15)16/h2,5-6,8,12H,3-4,11H2,1H3. The fourth-order valence-corrected chi connectivity index (χ4v) is 3.31. The minimum Gasteiger partial charge on any atom is -0.324 e. The van der Waals surface area contributed by atoms with Gasteiger partial charge < -0.3 is 5.43 Å². The number of anilines is 1. The molecule has 0 radical (unpaired) electrons. The smallest absolute Gasteiger partial charge is 0.291 e. The molecule has 1 aromatic rings. The van der Waals surface area contributed by atoms with Crippen LogP contribution in [0.15, 0.2) is 23.1 Å². The zero-order chi connectivity index (χ0) is 14.2. The Morgan fingerprint density at radius 1 is 1.47 bits per heavy atom. The van der Waals surface area contributed by atoms with Crippen LogP contribution in [0.4, 0.5) is 11.4 Å². The summed E-state index contributed by atoms with van der Waals surface area (Å²) >= 11 is 0. The molecule has 104 valence electrons. The third-order valence-electron chi connectivity index (χ3n) is 3.04. The van der Waals surface area contributed by atoms with E-state index < -0.39 is 20.6 Å². The van der Waals surface area contributed by atoms with Crippen LogP contribution in [0, 0.1) is 10.1 Å². The van der Waals surface area contributed by atoms with Crippen molar-refractivity contribution < 1.29 is 13.3 Å². The van der Waals surface area contributed by atoms with Gasteiger partial charge in [-0.3, -0.25) is 16.0 Å². The summed E-state index contributed by atoms with van der Waals surface area (Å²) in [5.41, 5.74) is 2.05. The van der Waals surface area contributed by atoms with Gasteiger partial charge in [0.25, 0.3) is 5.69 Å². The van der Waals surface area contributed by atoms with E-state index in [1.807, 2.05) is 0 Å². The second kappa shape index (κ2) is 4.76. The number of hydrazine groups is 1. The van der Waals surface area contributed by atoms with Crippen LogP contribution < -0.4 is 11.3 Å². The molecule has 0 saturated heterocycles. The molecule has 1 aliphatic rings. The van der Waals surface area contributed by atoms with Gasteiger partial charge in [-0.2, -0.15) is 4.31 Å². The predicted octanol–water partition coefficient (Wildman–Crippen LogP) is 0.663. The Balaban J connectivity index is 2.51. The first kappa shape index (κ1) is 13.7. The van der Waals surface area contributed by atoms with E-state index in [2.05, 4.69) is 5.43 Å². The number of nitrogens with zero attached hydrogens (tertiary/aromatic N) is 2. The number of nitrogen functional groups attached to an aromatic ring is 1. The van der Waals surface area contributed by atoms with Crippen LogP contribution in [0.25, 0.3) is 0 Å². The van der Waals surface area contributed by atoms with Gasteiger partial charge in [0.15, 0.2) is 4.90 Å². The van der Waals surface area contributed by atoms with E-state index in [1.165, 1.54) is 23.5 Å². The predicted molar refractivity (Wildman–Crippen MR) is 68.9 cm³/mol. The van der Waals surface area contributed by atoms with Gasteiger partial charge in [-0.15, -0.1) is 0 Å². The highest BCUT2D eigenvalue weighted by Gasteiger charge is 2.38. The maximum absolute atomic E-state index is 12.3. The highest BCUT2D eigenvalue weighted by Crippen LogP contribution is 2.34. The lowest BCUT2D eigenvalue weighted by molar-refractivity contribution is -0.387. The normalized spacial score (nSPS) is 15.5. The maximum Gasteiger partial charge on any atom is 0.291 e. The van der Waals surface area contributed by atoms with Crippen molar-refractivity contribution in [3.05, 3.63) is 28.3 Å². The minimum absolute atomic E-state index is 0.0584. The number of hydrogen-bond acceptors (Lipinski definition) is 6. The van der Waals surface area contributed by atoms with Crippen LogP contribution in [0.3, 0.4) is 0 Å². The Labute approximate surface area is 110 Å². The molecule has 0 atom stereocenters. The SMILES string of the molecule is CN(C1CC1)S(=O)(=O)c1ccc(NN)cc1[N+](=O)[O-]. The van der Waals surface area contributed by atoms with Crippen molar-refractivity contribution in [2.24, 2.45) is 5.84 Å². The molecule has 0 aromatic heterocycles. The van der Waals surface area contributed by atoms with Gasteiger partial charge in [0.2, 0.25) is 10.0 Å². The molecule has 0 amide bonds. The number of sulfonamides is 1. The van der Waals surface area contributed by atoms with Gasteiger partial charge >= 0.3 is 0 Å². The fraction of sp³-hybridized carbons (Fsp3) is 0.400. The molecule has 9 heteroatoms. The summed E-state index contributed by atoms with van der Waals surface area (Å²) in [6, 6.07) is 3.63. The van der Waals surface area contributed by atoms with E-state index in [4.69, 9.17) is 5.84 Å². The number of nitrogens with two attached hydrogens (primary N) is 1. The van der Waals surface area contributed by atoms with Gasteiger partial charge in [0, 0.05) is 19.2 Å². The van der Waals surface area contributed by atoms with Crippen LogP contribution in [0.5, 0.6) is 0 Å². The number of nitro groups is 1. The first-order valence-electron chi connectivity index (χ1n) is 5.61. The van der Waals surface area contributed by atoms with E-state index >= 15 is 0 Å². The second-order valence-corrected chi connectivity index (χ2v) is 6.30. The largest absolute Gasteiger partial charge is 0.324 e. The molecule has 2 rings (SSSR count). The van der Waals surface area contributed by atoms with Gasteiger partial charge in [-0.25, -0.2) is 8.42 Å². The molecule has 0 spiro atoms. The minimum atomic E-state index is -3.85. The highest BCUT2D eigenvalue weighted by atomic mass is 32.2. The summed E-state index contributed by atoms with van der Waals surface area (Å²) in [6.45, 7) is 0. The summed E-state index contributed by atoms with van der Waals surface area (Å²) in [6.07, 6.45) is 1.57. The van der Waals surface area contributed by atoms with Crippen molar-refractivity contribution >= 4 is 21.4 Å². The molecule has 1 fully saturated rings. The summed E-state index contributed by atoms with van der Waals surface area (Å²) < 4.78 is 25.8. The monoisotopic (exact) mass is 286 g/mol. The second-order valence-electron chi connectivity index (χ2n) is 4.34. The van der Waals surface area contributed by atoms with Crippen molar-refractivity contribution in [3.8, 4) is 0 Å². The van der Waals surface area contributed by atoms with Crippen LogP contribution in [-0.2, 0) is 10.0 Å². The first-order chi connectivity index (χ1) is 8.87. The Kier molecular flexibility index (Phi) is 3.43. The van der Waals surface area contributed by atoms with E-state index in [0.717, 1.165) is 18.9 Å². The van der Waals surface area contributed by atoms with Crippen LogP contribution in [-0.4, -0.2) is 30.7 Å².